The lowest BCUT2D eigenvalue weighted by Crippen LogP contribution is -2.29. The largest absolute Gasteiger partial charge is 0.472 e. The molecule has 0 fully saturated rings. The van der Waals surface area contributed by atoms with Crippen LogP contribution in [0.15, 0.2) is 0 Å². The van der Waals surface area contributed by atoms with Gasteiger partial charge in [0.1, 0.15) is 12.7 Å². The zero-order valence-electron chi connectivity index (χ0n) is 30.3. The Kier molecular flexibility index (Phi) is 30.3. The van der Waals surface area contributed by atoms with E-state index < -0.39 is 51.8 Å². The van der Waals surface area contributed by atoms with Gasteiger partial charge in [0.15, 0.2) is 6.10 Å². The molecule has 0 aromatic heterocycles. The molecule has 0 bridgehead atoms. The minimum absolute atomic E-state index is 0.189. The SMILES string of the molecule is CCC(C)CCCCCCCCCCCCC(=O)O[C@H](COC(=O)CCCCCCCCCC(C)C)COP(=O)(O)OC[C@@H](O)CO. The lowest BCUT2D eigenvalue weighted by atomic mass is 9.99. The lowest BCUT2D eigenvalue weighted by Gasteiger charge is -2.20. The Morgan fingerprint density at radius 1 is 0.638 bits per heavy atom. The third kappa shape index (κ3) is 32.0. The van der Waals surface area contributed by atoms with Crippen molar-refractivity contribution < 1.29 is 47.8 Å². The van der Waals surface area contributed by atoms with Crippen molar-refractivity contribution in [2.45, 2.75) is 181 Å². The number of ether oxygens (including phenoxy) is 2. The molecule has 0 saturated carbocycles. The molecule has 0 saturated heterocycles. The Balaban J connectivity index is 4.37. The van der Waals surface area contributed by atoms with Crippen molar-refractivity contribution >= 4 is 19.8 Å². The predicted octanol–water partition coefficient (Wildman–Crippen LogP) is 8.82. The molecular weight excluding hydrogens is 623 g/mol. The van der Waals surface area contributed by atoms with Crippen LogP contribution in [-0.2, 0) is 32.7 Å². The maximum atomic E-state index is 12.5. The van der Waals surface area contributed by atoms with Gasteiger partial charge >= 0.3 is 19.8 Å². The summed E-state index contributed by atoms with van der Waals surface area (Å²) < 4.78 is 32.5. The number of hydrogen-bond acceptors (Lipinski definition) is 9. The van der Waals surface area contributed by atoms with Crippen molar-refractivity contribution in [3.05, 3.63) is 0 Å². The van der Waals surface area contributed by atoms with Crippen molar-refractivity contribution in [3.63, 3.8) is 0 Å². The fourth-order valence-corrected chi connectivity index (χ4v) is 5.94. The molecule has 280 valence electrons. The summed E-state index contributed by atoms with van der Waals surface area (Å²) >= 11 is 0. The molecule has 0 rings (SSSR count). The number of esters is 2. The summed E-state index contributed by atoms with van der Waals surface area (Å²) in [7, 11) is -4.60. The Morgan fingerprint density at radius 2 is 1.09 bits per heavy atom. The summed E-state index contributed by atoms with van der Waals surface area (Å²) in [5, 5.41) is 18.2. The van der Waals surface area contributed by atoms with Crippen LogP contribution >= 0.6 is 7.82 Å². The van der Waals surface area contributed by atoms with Gasteiger partial charge in [0.2, 0.25) is 0 Å². The zero-order valence-corrected chi connectivity index (χ0v) is 31.2. The molecule has 11 heteroatoms. The van der Waals surface area contributed by atoms with E-state index in [1.807, 2.05) is 0 Å². The first-order valence-electron chi connectivity index (χ1n) is 18.7. The highest BCUT2D eigenvalue weighted by Gasteiger charge is 2.27. The monoisotopic (exact) mass is 694 g/mol. The van der Waals surface area contributed by atoms with Crippen LogP contribution in [0.3, 0.4) is 0 Å². The van der Waals surface area contributed by atoms with Gasteiger partial charge in [-0.3, -0.25) is 18.6 Å². The number of hydrogen-bond donors (Lipinski definition) is 3. The van der Waals surface area contributed by atoms with E-state index in [1.165, 1.54) is 77.0 Å². The molecule has 47 heavy (non-hydrogen) atoms. The van der Waals surface area contributed by atoms with E-state index in [2.05, 4.69) is 32.2 Å². The summed E-state index contributed by atoms with van der Waals surface area (Å²) in [4.78, 5) is 34.7. The Labute approximate surface area is 286 Å². The first-order valence-corrected chi connectivity index (χ1v) is 20.2. The van der Waals surface area contributed by atoms with E-state index in [4.69, 9.17) is 19.1 Å². The zero-order chi connectivity index (χ0) is 35.2. The van der Waals surface area contributed by atoms with Crippen LogP contribution in [0.25, 0.3) is 0 Å². The van der Waals surface area contributed by atoms with Gasteiger partial charge in [-0.1, -0.05) is 143 Å². The van der Waals surface area contributed by atoms with E-state index in [9.17, 15) is 24.2 Å². The molecule has 0 aliphatic rings. The van der Waals surface area contributed by atoms with E-state index in [-0.39, 0.29) is 19.4 Å². The molecule has 3 N–H and O–H groups in total. The van der Waals surface area contributed by atoms with Gasteiger partial charge in [0.25, 0.3) is 0 Å². The third-order valence-corrected chi connectivity index (χ3v) is 9.43. The van der Waals surface area contributed by atoms with Gasteiger partial charge < -0.3 is 24.6 Å². The Bertz CT molecular complexity index is 794. The Morgan fingerprint density at radius 3 is 1.57 bits per heavy atom. The van der Waals surface area contributed by atoms with Gasteiger partial charge in [-0.2, -0.15) is 0 Å². The first-order chi connectivity index (χ1) is 22.5. The molecule has 2 unspecified atom stereocenters. The molecule has 0 aromatic carbocycles. The standard InChI is InChI=1S/C36H71O10P/c1-5-32(4)24-20-16-12-8-6-7-9-13-18-22-26-36(40)46-34(30-45-47(41,42)44-28-33(38)27-37)29-43-35(39)25-21-17-14-10-11-15-19-23-31(2)3/h31-34,37-38H,5-30H2,1-4H3,(H,41,42)/t32?,33-,34+/m0/s1. The van der Waals surface area contributed by atoms with Gasteiger partial charge in [-0.15, -0.1) is 0 Å². The summed E-state index contributed by atoms with van der Waals surface area (Å²) in [6.45, 7) is 6.97. The second-order valence-corrected chi connectivity index (χ2v) is 15.1. The van der Waals surface area contributed by atoms with E-state index >= 15 is 0 Å². The maximum absolute atomic E-state index is 12.5. The summed E-state index contributed by atoms with van der Waals surface area (Å²) in [5.41, 5.74) is 0. The smallest absolute Gasteiger partial charge is 0.462 e. The van der Waals surface area contributed by atoms with Gasteiger partial charge in [0.05, 0.1) is 19.8 Å². The second kappa shape index (κ2) is 31.0. The normalized spacial score (nSPS) is 14.9. The van der Waals surface area contributed by atoms with Crippen LogP contribution < -0.4 is 0 Å². The molecule has 0 radical (unpaired) electrons. The molecule has 0 aromatic rings. The molecule has 4 atom stereocenters. The highest BCUT2D eigenvalue weighted by atomic mass is 31.2. The van der Waals surface area contributed by atoms with Crippen LogP contribution in [0, 0.1) is 11.8 Å². The molecular formula is C36H71O10P. The maximum Gasteiger partial charge on any atom is 0.472 e. The number of phosphoric ester groups is 1. The number of phosphoric acid groups is 1. The number of carbonyl (C=O) groups excluding carboxylic acids is 2. The molecule has 0 amide bonds. The van der Waals surface area contributed by atoms with Crippen molar-refractivity contribution in [1.29, 1.82) is 0 Å². The number of carbonyl (C=O) groups is 2. The van der Waals surface area contributed by atoms with Gasteiger partial charge in [0, 0.05) is 12.8 Å². The average molecular weight is 695 g/mol. The summed E-state index contributed by atoms with van der Waals surface area (Å²) in [6.07, 6.45) is 20.9. The predicted molar refractivity (Wildman–Crippen MR) is 187 cm³/mol. The minimum Gasteiger partial charge on any atom is -0.462 e. The summed E-state index contributed by atoms with van der Waals surface area (Å²) in [6, 6.07) is 0. The highest BCUT2D eigenvalue weighted by Crippen LogP contribution is 2.43. The average Bonchev–Trinajstić information content (AvgIpc) is 3.04. The minimum atomic E-state index is -4.60. The van der Waals surface area contributed by atoms with E-state index in [0.29, 0.717) is 12.8 Å². The highest BCUT2D eigenvalue weighted by molar-refractivity contribution is 7.47. The molecule has 0 aliphatic heterocycles. The van der Waals surface area contributed by atoms with Gasteiger partial charge in [-0.25, -0.2) is 4.57 Å². The lowest BCUT2D eigenvalue weighted by molar-refractivity contribution is -0.161. The van der Waals surface area contributed by atoms with Crippen molar-refractivity contribution in [1.82, 2.24) is 0 Å². The van der Waals surface area contributed by atoms with Crippen LogP contribution in [0.1, 0.15) is 169 Å². The number of aliphatic hydroxyl groups is 2. The molecule has 0 spiro atoms. The van der Waals surface area contributed by atoms with E-state index in [1.54, 1.807) is 0 Å². The number of rotatable bonds is 34. The quantitative estimate of drug-likeness (QED) is 0.0339. The first kappa shape index (κ1) is 46.0. The van der Waals surface area contributed by atoms with Crippen LogP contribution in [0.2, 0.25) is 0 Å². The second-order valence-electron chi connectivity index (χ2n) is 13.7. The topological polar surface area (TPSA) is 149 Å². The van der Waals surface area contributed by atoms with Crippen LogP contribution in [0.4, 0.5) is 0 Å². The molecule has 0 aliphatic carbocycles. The molecule has 0 heterocycles. The summed E-state index contributed by atoms with van der Waals surface area (Å²) in [5.74, 6) is 0.662. The Hall–Kier alpha value is -1.03. The van der Waals surface area contributed by atoms with Crippen LogP contribution in [0.5, 0.6) is 0 Å². The number of aliphatic hydroxyl groups excluding tert-OH is 2. The van der Waals surface area contributed by atoms with Crippen molar-refractivity contribution in [2.75, 3.05) is 26.4 Å². The third-order valence-electron chi connectivity index (χ3n) is 8.48. The number of unbranched alkanes of at least 4 members (excludes halogenated alkanes) is 15. The molecule has 10 nitrogen and oxygen atoms in total. The van der Waals surface area contributed by atoms with Crippen LogP contribution in [-0.4, -0.2) is 65.7 Å². The van der Waals surface area contributed by atoms with E-state index in [0.717, 1.165) is 50.4 Å². The van der Waals surface area contributed by atoms with Gasteiger partial charge in [-0.05, 0) is 24.7 Å². The fraction of sp³-hybridized carbons (Fsp3) is 0.944. The fourth-order valence-electron chi connectivity index (χ4n) is 5.15. The van der Waals surface area contributed by atoms with Crippen molar-refractivity contribution in [3.8, 4) is 0 Å². The van der Waals surface area contributed by atoms with Crippen molar-refractivity contribution in [2.24, 2.45) is 11.8 Å².